The van der Waals surface area contributed by atoms with Gasteiger partial charge in [0.15, 0.2) is 0 Å². The van der Waals surface area contributed by atoms with Crippen LogP contribution in [0.4, 0.5) is 4.79 Å². The minimum atomic E-state index is 0. The van der Waals surface area contributed by atoms with Crippen LogP contribution in [0.1, 0.15) is 19.8 Å². The molecule has 7 heteroatoms. The van der Waals surface area contributed by atoms with Gasteiger partial charge in [-0.2, -0.15) is 0 Å². The molecule has 110 valence electrons. The van der Waals surface area contributed by atoms with Crippen molar-refractivity contribution >= 4 is 35.3 Å². The zero-order chi connectivity index (χ0) is 13.1. The van der Waals surface area contributed by atoms with Gasteiger partial charge in [0.25, 0.3) is 5.24 Å². The topological polar surface area (TPSA) is 66.6 Å². The number of amides is 2. The van der Waals surface area contributed by atoms with E-state index >= 15 is 0 Å². The van der Waals surface area contributed by atoms with Gasteiger partial charge in [0, 0.05) is 31.4 Å². The van der Waals surface area contributed by atoms with Crippen molar-refractivity contribution < 1.29 is 9.59 Å². The average Bonchev–Trinajstić information content (AvgIpc) is 2.74. The number of carbonyl (C=O) groups is 2. The van der Waals surface area contributed by atoms with Crippen LogP contribution in [-0.2, 0) is 4.79 Å². The van der Waals surface area contributed by atoms with Gasteiger partial charge in [-0.15, -0.1) is 12.4 Å². The number of rotatable bonds is 3. The number of carbonyl (C=O) groups excluding carboxylic acids is 2. The first kappa shape index (κ1) is 16.6. The second-order valence-electron chi connectivity index (χ2n) is 5.14. The SMILES string of the molecule is CC1CCN(C(=O)CN2CCSC2=O)C(CN)C1.Cl. The summed E-state index contributed by atoms with van der Waals surface area (Å²) in [6.07, 6.45) is 2.01. The quantitative estimate of drug-likeness (QED) is 0.850. The second kappa shape index (κ2) is 7.36. The van der Waals surface area contributed by atoms with Crippen molar-refractivity contribution in [3.8, 4) is 0 Å². The van der Waals surface area contributed by atoms with Gasteiger partial charge < -0.3 is 15.5 Å². The summed E-state index contributed by atoms with van der Waals surface area (Å²) in [5, 5.41) is 0.0259. The van der Waals surface area contributed by atoms with Gasteiger partial charge in [-0.05, 0) is 18.8 Å². The van der Waals surface area contributed by atoms with Crippen molar-refractivity contribution in [1.82, 2.24) is 9.80 Å². The van der Waals surface area contributed by atoms with Crippen molar-refractivity contribution in [2.75, 3.05) is 31.9 Å². The smallest absolute Gasteiger partial charge is 0.282 e. The van der Waals surface area contributed by atoms with Crippen LogP contribution in [0.3, 0.4) is 0 Å². The molecule has 0 radical (unpaired) electrons. The minimum Gasteiger partial charge on any atom is -0.337 e. The fraction of sp³-hybridized carbons (Fsp3) is 0.833. The summed E-state index contributed by atoms with van der Waals surface area (Å²) in [7, 11) is 0. The lowest BCUT2D eigenvalue weighted by Crippen LogP contribution is -2.52. The van der Waals surface area contributed by atoms with Crippen molar-refractivity contribution in [3.05, 3.63) is 0 Å². The average molecular weight is 308 g/mol. The van der Waals surface area contributed by atoms with Gasteiger partial charge in [-0.1, -0.05) is 18.7 Å². The number of likely N-dealkylation sites (tertiary alicyclic amines) is 1. The summed E-state index contributed by atoms with van der Waals surface area (Å²) in [6.45, 7) is 4.39. The molecule has 2 atom stereocenters. The Kier molecular flexibility index (Phi) is 6.42. The highest BCUT2D eigenvalue weighted by molar-refractivity contribution is 8.13. The Bertz CT molecular complexity index is 343. The predicted octanol–water partition coefficient (Wildman–Crippen LogP) is 1.16. The fourth-order valence-corrected chi connectivity index (χ4v) is 3.45. The number of hydrogen-bond donors (Lipinski definition) is 1. The van der Waals surface area contributed by atoms with Crippen molar-refractivity contribution in [2.24, 2.45) is 11.7 Å². The summed E-state index contributed by atoms with van der Waals surface area (Å²) in [6, 6.07) is 0.145. The van der Waals surface area contributed by atoms with E-state index < -0.39 is 0 Å². The molecule has 2 aliphatic heterocycles. The molecule has 2 saturated heterocycles. The van der Waals surface area contributed by atoms with E-state index in [9.17, 15) is 9.59 Å². The number of nitrogens with two attached hydrogens (primary N) is 1. The maximum atomic E-state index is 12.2. The molecule has 0 aromatic rings. The summed E-state index contributed by atoms with van der Waals surface area (Å²) in [5.74, 6) is 1.48. The Labute approximate surface area is 124 Å². The number of thioether (sulfide) groups is 1. The minimum absolute atomic E-state index is 0. The lowest BCUT2D eigenvalue weighted by atomic mass is 9.92. The number of hydrogen-bond acceptors (Lipinski definition) is 4. The zero-order valence-corrected chi connectivity index (χ0v) is 12.8. The third-order valence-electron chi connectivity index (χ3n) is 3.74. The van der Waals surface area contributed by atoms with Crippen LogP contribution in [0.2, 0.25) is 0 Å². The summed E-state index contributed by atoms with van der Waals surface area (Å²) >= 11 is 1.29. The molecule has 2 unspecified atom stereocenters. The van der Waals surface area contributed by atoms with Crippen LogP contribution < -0.4 is 5.73 Å². The van der Waals surface area contributed by atoms with Crippen LogP contribution in [0.25, 0.3) is 0 Å². The highest BCUT2D eigenvalue weighted by atomic mass is 35.5. The maximum absolute atomic E-state index is 12.2. The molecule has 2 aliphatic rings. The second-order valence-corrected chi connectivity index (χ2v) is 6.19. The largest absolute Gasteiger partial charge is 0.337 e. The highest BCUT2D eigenvalue weighted by Gasteiger charge is 2.31. The molecule has 0 spiro atoms. The Morgan fingerprint density at radius 3 is 2.79 bits per heavy atom. The Morgan fingerprint density at radius 1 is 1.47 bits per heavy atom. The van der Waals surface area contributed by atoms with Crippen LogP contribution in [0.15, 0.2) is 0 Å². The van der Waals surface area contributed by atoms with E-state index in [0.29, 0.717) is 19.0 Å². The van der Waals surface area contributed by atoms with E-state index in [-0.39, 0.29) is 36.1 Å². The Morgan fingerprint density at radius 2 is 2.21 bits per heavy atom. The van der Waals surface area contributed by atoms with Crippen LogP contribution >= 0.6 is 24.2 Å². The molecule has 0 bridgehead atoms. The zero-order valence-electron chi connectivity index (χ0n) is 11.2. The summed E-state index contributed by atoms with van der Waals surface area (Å²) in [4.78, 5) is 27.2. The fourth-order valence-electron chi connectivity index (χ4n) is 2.63. The van der Waals surface area contributed by atoms with Crippen molar-refractivity contribution in [2.45, 2.75) is 25.8 Å². The van der Waals surface area contributed by atoms with E-state index in [2.05, 4.69) is 6.92 Å². The molecule has 2 rings (SSSR count). The van der Waals surface area contributed by atoms with Crippen molar-refractivity contribution in [3.63, 3.8) is 0 Å². The summed E-state index contributed by atoms with van der Waals surface area (Å²) in [5.41, 5.74) is 5.75. The van der Waals surface area contributed by atoms with Gasteiger partial charge >= 0.3 is 0 Å². The van der Waals surface area contributed by atoms with E-state index in [1.54, 1.807) is 4.90 Å². The highest BCUT2D eigenvalue weighted by Crippen LogP contribution is 2.23. The van der Waals surface area contributed by atoms with E-state index in [4.69, 9.17) is 5.73 Å². The standard InChI is InChI=1S/C12H21N3O2S.ClH/c1-9-2-3-15(10(6-9)7-13)11(16)8-14-4-5-18-12(14)17;/h9-10H,2-8,13H2,1H3;1H. The van der Waals surface area contributed by atoms with Crippen LogP contribution in [-0.4, -0.2) is 58.9 Å². The van der Waals surface area contributed by atoms with Crippen molar-refractivity contribution in [1.29, 1.82) is 0 Å². The Hall–Kier alpha value is -0.460. The van der Waals surface area contributed by atoms with E-state index in [1.807, 2.05) is 4.90 Å². The monoisotopic (exact) mass is 307 g/mol. The molecule has 2 heterocycles. The molecule has 0 saturated carbocycles. The number of nitrogens with zero attached hydrogens (tertiary/aromatic N) is 2. The van der Waals surface area contributed by atoms with Gasteiger partial charge in [-0.3, -0.25) is 9.59 Å². The summed E-state index contributed by atoms with van der Waals surface area (Å²) < 4.78 is 0. The number of piperidine rings is 1. The molecule has 19 heavy (non-hydrogen) atoms. The van der Waals surface area contributed by atoms with Gasteiger partial charge in [0.2, 0.25) is 5.91 Å². The first-order valence-corrected chi connectivity index (χ1v) is 7.51. The van der Waals surface area contributed by atoms with Gasteiger partial charge in [-0.25, -0.2) is 0 Å². The number of halogens is 1. The predicted molar refractivity (Wildman–Crippen MR) is 79.6 cm³/mol. The van der Waals surface area contributed by atoms with E-state index in [0.717, 1.165) is 25.1 Å². The van der Waals surface area contributed by atoms with E-state index in [1.165, 1.54) is 11.8 Å². The van der Waals surface area contributed by atoms with Crippen LogP contribution in [0.5, 0.6) is 0 Å². The molecular formula is C12H22ClN3O2S. The lowest BCUT2D eigenvalue weighted by molar-refractivity contribution is -0.135. The van der Waals surface area contributed by atoms with Crippen LogP contribution in [0, 0.1) is 5.92 Å². The first-order valence-electron chi connectivity index (χ1n) is 6.53. The maximum Gasteiger partial charge on any atom is 0.282 e. The lowest BCUT2D eigenvalue weighted by Gasteiger charge is -2.38. The molecule has 0 aliphatic carbocycles. The molecule has 0 aromatic carbocycles. The molecule has 2 N–H and O–H groups in total. The molecule has 2 amide bonds. The van der Waals surface area contributed by atoms with Gasteiger partial charge in [0.05, 0.1) is 0 Å². The first-order chi connectivity index (χ1) is 8.61. The third-order valence-corrected chi connectivity index (χ3v) is 4.63. The third kappa shape index (κ3) is 4.00. The molecule has 5 nitrogen and oxygen atoms in total. The molecule has 0 aromatic heterocycles. The Balaban J connectivity index is 0.00000180. The van der Waals surface area contributed by atoms with Gasteiger partial charge in [0.1, 0.15) is 6.54 Å². The normalized spacial score (nSPS) is 27.4. The molecular weight excluding hydrogens is 286 g/mol. The molecule has 2 fully saturated rings.